The standard InChI is InChI=1S/C16H15BrClNO3S/c1-19(10-11-3-6-13(17)7-4-11)16(20)12-5-8-14(18)15(9-12)23(2,21)22/h3-9H,10H2,1-2H3. The second kappa shape index (κ2) is 7.03. The van der Waals surface area contributed by atoms with Gasteiger partial charge in [-0.2, -0.15) is 0 Å². The van der Waals surface area contributed by atoms with Crippen LogP contribution in [0.4, 0.5) is 0 Å². The van der Waals surface area contributed by atoms with Gasteiger partial charge in [0.1, 0.15) is 0 Å². The van der Waals surface area contributed by atoms with Crippen LogP contribution < -0.4 is 0 Å². The third-order valence-electron chi connectivity index (χ3n) is 3.26. The Hall–Kier alpha value is -1.37. The molecule has 0 bridgehead atoms. The van der Waals surface area contributed by atoms with Crippen molar-refractivity contribution in [1.82, 2.24) is 4.90 Å². The van der Waals surface area contributed by atoms with Crippen LogP contribution in [-0.2, 0) is 16.4 Å². The van der Waals surface area contributed by atoms with Crippen molar-refractivity contribution in [2.75, 3.05) is 13.3 Å². The zero-order valence-corrected chi connectivity index (χ0v) is 15.7. The third kappa shape index (κ3) is 4.56. The Kier molecular flexibility index (Phi) is 5.49. The topological polar surface area (TPSA) is 54.5 Å². The fourth-order valence-corrected chi connectivity index (χ4v) is 3.64. The van der Waals surface area contributed by atoms with Gasteiger partial charge >= 0.3 is 0 Å². The molecule has 0 saturated heterocycles. The summed E-state index contributed by atoms with van der Waals surface area (Å²) < 4.78 is 24.4. The number of hydrogen-bond acceptors (Lipinski definition) is 3. The van der Waals surface area contributed by atoms with E-state index in [0.29, 0.717) is 6.54 Å². The highest BCUT2D eigenvalue weighted by atomic mass is 79.9. The molecular formula is C16H15BrClNO3S. The van der Waals surface area contributed by atoms with Gasteiger partial charge in [0.2, 0.25) is 0 Å². The molecule has 2 rings (SSSR count). The fraction of sp³-hybridized carbons (Fsp3) is 0.188. The van der Waals surface area contributed by atoms with Crippen LogP contribution in [0.2, 0.25) is 5.02 Å². The second-order valence-corrected chi connectivity index (χ2v) is 8.51. The number of sulfone groups is 1. The summed E-state index contributed by atoms with van der Waals surface area (Å²) >= 11 is 9.26. The van der Waals surface area contributed by atoms with Crippen molar-refractivity contribution in [2.45, 2.75) is 11.4 Å². The highest BCUT2D eigenvalue weighted by Gasteiger charge is 2.18. The molecule has 0 aliphatic heterocycles. The molecule has 0 unspecified atom stereocenters. The number of benzene rings is 2. The largest absolute Gasteiger partial charge is 0.337 e. The van der Waals surface area contributed by atoms with E-state index < -0.39 is 9.84 Å². The third-order valence-corrected chi connectivity index (χ3v) is 5.36. The van der Waals surface area contributed by atoms with Gasteiger partial charge in [-0.1, -0.05) is 39.7 Å². The van der Waals surface area contributed by atoms with Crippen LogP contribution in [-0.4, -0.2) is 32.5 Å². The molecule has 2 aromatic rings. The van der Waals surface area contributed by atoms with Crippen LogP contribution in [0.1, 0.15) is 15.9 Å². The SMILES string of the molecule is CN(Cc1ccc(Br)cc1)C(=O)c1ccc(Cl)c(S(C)(=O)=O)c1. The Morgan fingerprint density at radius 3 is 2.35 bits per heavy atom. The maximum atomic E-state index is 12.5. The number of halogens is 2. The quantitative estimate of drug-likeness (QED) is 0.762. The highest BCUT2D eigenvalue weighted by molar-refractivity contribution is 9.10. The van der Waals surface area contributed by atoms with Crippen LogP contribution in [0, 0.1) is 0 Å². The molecule has 0 aliphatic rings. The van der Waals surface area contributed by atoms with Gasteiger partial charge in [-0.3, -0.25) is 4.79 Å². The molecule has 0 heterocycles. The number of amides is 1. The van der Waals surface area contributed by atoms with Gasteiger partial charge in [0, 0.05) is 29.9 Å². The maximum Gasteiger partial charge on any atom is 0.253 e. The summed E-state index contributed by atoms with van der Waals surface area (Å²) in [6, 6.07) is 11.9. The van der Waals surface area contributed by atoms with E-state index in [1.165, 1.54) is 23.1 Å². The number of nitrogens with zero attached hydrogens (tertiary/aromatic N) is 1. The van der Waals surface area contributed by atoms with E-state index in [4.69, 9.17) is 11.6 Å². The summed E-state index contributed by atoms with van der Waals surface area (Å²) in [7, 11) is -1.82. The van der Waals surface area contributed by atoms with Crippen molar-refractivity contribution >= 4 is 43.3 Å². The molecule has 0 saturated carbocycles. The number of rotatable bonds is 4. The first-order valence-electron chi connectivity index (χ1n) is 6.68. The van der Waals surface area contributed by atoms with Gasteiger partial charge in [0.25, 0.3) is 5.91 Å². The Bertz CT molecular complexity index is 835. The minimum atomic E-state index is -3.49. The molecule has 7 heteroatoms. The van der Waals surface area contributed by atoms with Crippen molar-refractivity contribution in [1.29, 1.82) is 0 Å². The van der Waals surface area contributed by atoms with Crippen molar-refractivity contribution in [3.63, 3.8) is 0 Å². The van der Waals surface area contributed by atoms with E-state index in [-0.39, 0.29) is 21.4 Å². The summed E-state index contributed by atoms with van der Waals surface area (Å²) in [5, 5.41) is 0.111. The average Bonchev–Trinajstić information content (AvgIpc) is 2.48. The molecule has 0 spiro atoms. The van der Waals surface area contributed by atoms with E-state index in [1.54, 1.807) is 7.05 Å². The molecule has 0 aromatic heterocycles. The van der Waals surface area contributed by atoms with E-state index in [0.717, 1.165) is 16.3 Å². The molecule has 0 aliphatic carbocycles. The second-order valence-electron chi connectivity index (χ2n) is 5.21. The van der Waals surface area contributed by atoms with Crippen molar-refractivity contribution < 1.29 is 13.2 Å². The summed E-state index contributed by atoms with van der Waals surface area (Å²) in [6.45, 7) is 0.420. The molecule has 0 N–H and O–H groups in total. The van der Waals surface area contributed by atoms with E-state index in [1.807, 2.05) is 24.3 Å². The normalized spacial score (nSPS) is 11.3. The Labute approximate surface area is 149 Å². The lowest BCUT2D eigenvalue weighted by Gasteiger charge is -2.18. The predicted molar refractivity (Wildman–Crippen MR) is 94.5 cm³/mol. The van der Waals surface area contributed by atoms with Crippen LogP contribution in [0.3, 0.4) is 0 Å². The Balaban J connectivity index is 2.24. The summed E-state index contributed by atoms with van der Waals surface area (Å²) in [6.07, 6.45) is 1.06. The first kappa shape index (κ1) is 18.0. The molecule has 122 valence electrons. The van der Waals surface area contributed by atoms with E-state index >= 15 is 0 Å². The smallest absolute Gasteiger partial charge is 0.253 e. The molecule has 2 aromatic carbocycles. The number of carbonyl (C=O) groups is 1. The van der Waals surface area contributed by atoms with E-state index in [2.05, 4.69) is 15.9 Å². The molecular weight excluding hydrogens is 402 g/mol. The Morgan fingerprint density at radius 2 is 1.78 bits per heavy atom. The first-order valence-corrected chi connectivity index (χ1v) is 9.74. The van der Waals surface area contributed by atoms with Gasteiger partial charge < -0.3 is 4.90 Å². The van der Waals surface area contributed by atoms with Gasteiger partial charge in [-0.15, -0.1) is 0 Å². The Morgan fingerprint density at radius 1 is 1.17 bits per heavy atom. The van der Waals surface area contributed by atoms with Crippen molar-refractivity contribution in [3.05, 3.63) is 63.1 Å². The van der Waals surface area contributed by atoms with Crippen LogP contribution >= 0.6 is 27.5 Å². The van der Waals surface area contributed by atoms with Crippen LogP contribution in [0.5, 0.6) is 0 Å². The first-order chi connectivity index (χ1) is 10.7. The maximum absolute atomic E-state index is 12.5. The zero-order valence-electron chi connectivity index (χ0n) is 12.6. The van der Waals surface area contributed by atoms with Gasteiger partial charge in [0.05, 0.1) is 9.92 Å². The minimum Gasteiger partial charge on any atom is -0.337 e. The number of carbonyl (C=O) groups excluding carboxylic acids is 1. The van der Waals surface area contributed by atoms with Crippen LogP contribution in [0.15, 0.2) is 51.8 Å². The molecule has 0 fully saturated rings. The number of hydrogen-bond donors (Lipinski definition) is 0. The molecule has 4 nitrogen and oxygen atoms in total. The van der Waals surface area contributed by atoms with Crippen molar-refractivity contribution in [3.8, 4) is 0 Å². The molecule has 0 radical (unpaired) electrons. The summed E-state index contributed by atoms with van der Waals surface area (Å²) in [5.74, 6) is -0.269. The summed E-state index contributed by atoms with van der Waals surface area (Å²) in [4.78, 5) is 14.0. The lowest BCUT2D eigenvalue weighted by atomic mass is 10.1. The van der Waals surface area contributed by atoms with Crippen molar-refractivity contribution in [2.24, 2.45) is 0 Å². The van der Waals surface area contributed by atoms with E-state index in [9.17, 15) is 13.2 Å². The zero-order chi connectivity index (χ0) is 17.2. The lowest BCUT2D eigenvalue weighted by molar-refractivity contribution is 0.0785. The molecule has 0 atom stereocenters. The van der Waals surface area contributed by atoms with Gasteiger partial charge in [0.15, 0.2) is 9.84 Å². The minimum absolute atomic E-state index is 0.0398. The fourth-order valence-electron chi connectivity index (χ4n) is 2.08. The molecule has 1 amide bonds. The average molecular weight is 417 g/mol. The van der Waals surface area contributed by atoms with Gasteiger partial charge in [-0.05, 0) is 35.9 Å². The van der Waals surface area contributed by atoms with Gasteiger partial charge in [-0.25, -0.2) is 8.42 Å². The monoisotopic (exact) mass is 415 g/mol. The highest BCUT2D eigenvalue weighted by Crippen LogP contribution is 2.23. The molecule has 23 heavy (non-hydrogen) atoms. The van der Waals surface area contributed by atoms with Crippen LogP contribution in [0.25, 0.3) is 0 Å². The lowest BCUT2D eigenvalue weighted by Crippen LogP contribution is -2.26. The predicted octanol–water partition coefficient (Wildman–Crippen LogP) is 3.78. The summed E-state index contributed by atoms with van der Waals surface area (Å²) in [5.41, 5.74) is 1.26.